The van der Waals surface area contributed by atoms with E-state index in [1.54, 1.807) is 6.07 Å². The van der Waals surface area contributed by atoms with E-state index >= 15 is 0 Å². The van der Waals surface area contributed by atoms with Crippen LogP contribution in [0.15, 0.2) is 65.1 Å². The van der Waals surface area contributed by atoms with Crippen LogP contribution in [-0.4, -0.2) is 15.7 Å². The molecule has 4 rings (SSSR count). The Bertz CT molecular complexity index is 1040. The second-order valence-electron chi connectivity index (χ2n) is 5.96. The van der Waals surface area contributed by atoms with Gasteiger partial charge in [-0.15, -0.1) is 0 Å². The van der Waals surface area contributed by atoms with E-state index in [9.17, 15) is 4.79 Å². The van der Waals surface area contributed by atoms with Crippen molar-refractivity contribution < 1.29 is 9.21 Å². The average molecular weight is 331 g/mol. The first-order valence-electron chi connectivity index (χ1n) is 8.04. The summed E-state index contributed by atoms with van der Waals surface area (Å²) in [5, 5.41) is 8.33. The Labute approximate surface area is 144 Å². The standard InChI is InChI=1S/C20H17N3O2/c1-13-11-14(2)23(22-13)17-9-5-4-8-16(17)21-20(24)19-12-15-7-3-6-10-18(15)25-19/h3-12H,1-2H3,(H,21,24). The average Bonchev–Trinajstić information content (AvgIpc) is 3.18. The topological polar surface area (TPSA) is 60.1 Å². The summed E-state index contributed by atoms with van der Waals surface area (Å²) in [6, 6.07) is 18.9. The van der Waals surface area contributed by atoms with Gasteiger partial charge in [-0.05, 0) is 44.2 Å². The van der Waals surface area contributed by atoms with E-state index in [1.807, 2.05) is 73.1 Å². The minimum Gasteiger partial charge on any atom is -0.451 e. The van der Waals surface area contributed by atoms with Gasteiger partial charge in [0.2, 0.25) is 0 Å². The van der Waals surface area contributed by atoms with Crippen molar-refractivity contribution in [2.45, 2.75) is 13.8 Å². The van der Waals surface area contributed by atoms with Gasteiger partial charge in [0.25, 0.3) is 5.91 Å². The number of aryl methyl sites for hydroxylation is 2. The highest BCUT2D eigenvalue weighted by Gasteiger charge is 2.15. The molecule has 0 spiro atoms. The normalized spacial score (nSPS) is 11.0. The van der Waals surface area contributed by atoms with Gasteiger partial charge in [0.15, 0.2) is 5.76 Å². The zero-order valence-electron chi connectivity index (χ0n) is 14.0. The lowest BCUT2D eigenvalue weighted by molar-refractivity contribution is 0.0998. The van der Waals surface area contributed by atoms with Crippen LogP contribution < -0.4 is 5.32 Å². The third kappa shape index (κ3) is 2.80. The van der Waals surface area contributed by atoms with Crippen molar-refractivity contribution in [2.24, 2.45) is 0 Å². The number of anilines is 1. The fraction of sp³-hybridized carbons (Fsp3) is 0.100. The van der Waals surface area contributed by atoms with Crippen LogP contribution in [0, 0.1) is 13.8 Å². The molecular weight excluding hydrogens is 314 g/mol. The quantitative estimate of drug-likeness (QED) is 0.602. The van der Waals surface area contributed by atoms with Gasteiger partial charge in [-0.25, -0.2) is 4.68 Å². The predicted molar refractivity (Wildman–Crippen MR) is 97.2 cm³/mol. The molecule has 4 aromatic rings. The first kappa shape index (κ1) is 15.2. The molecular formula is C20H17N3O2. The van der Waals surface area contributed by atoms with Gasteiger partial charge in [0, 0.05) is 11.1 Å². The lowest BCUT2D eigenvalue weighted by Crippen LogP contribution is -2.13. The van der Waals surface area contributed by atoms with E-state index in [1.165, 1.54) is 0 Å². The number of nitrogens with zero attached hydrogens (tertiary/aromatic N) is 2. The summed E-state index contributed by atoms with van der Waals surface area (Å²) < 4.78 is 7.46. The van der Waals surface area contributed by atoms with Crippen LogP contribution in [0.25, 0.3) is 16.7 Å². The molecule has 5 heteroatoms. The minimum absolute atomic E-state index is 0.282. The Balaban J connectivity index is 1.69. The number of aromatic nitrogens is 2. The second-order valence-corrected chi connectivity index (χ2v) is 5.96. The highest BCUT2D eigenvalue weighted by Crippen LogP contribution is 2.24. The van der Waals surface area contributed by atoms with Crippen LogP contribution in [0.2, 0.25) is 0 Å². The summed E-state index contributed by atoms with van der Waals surface area (Å²) in [6.07, 6.45) is 0. The number of carbonyl (C=O) groups excluding carboxylic acids is 1. The largest absolute Gasteiger partial charge is 0.451 e. The Kier molecular flexibility index (Phi) is 3.61. The molecule has 0 aliphatic rings. The van der Waals surface area contributed by atoms with Crippen molar-refractivity contribution in [2.75, 3.05) is 5.32 Å². The van der Waals surface area contributed by atoms with Gasteiger partial charge in [-0.2, -0.15) is 5.10 Å². The summed E-state index contributed by atoms with van der Waals surface area (Å²) in [7, 11) is 0. The van der Waals surface area contributed by atoms with Gasteiger partial charge in [-0.1, -0.05) is 30.3 Å². The first-order chi connectivity index (χ1) is 12.1. The molecule has 2 heterocycles. The Hall–Kier alpha value is -3.34. The summed E-state index contributed by atoms with van der Waals surface area (Å²) in [6.45, 7) is 3.93. The molecule has 1 N–H and O–H groups in total. The minimum atomic E-state index is -0.287. The van der Waals surface area contributed by atoms with Crippen LogP contribution in [-0.2, 0) is 0 Å². The molecule has 2 aromatic heterocycles. The number of fused-ring (bicyclic) bond motifs is 1. The van der Waals surface area contributed by atoms with Crippen molar-refractivity contribution in [3.63, 3.8) is 0 Å². The number of carbonyl (C=O) groups is 1. The van der Waals surface area contributed by atoms with Crippen molar-refractivity contribution in [3.8, 4) is 5.69 Å². The molecule has 2 aromatic carbocycles. The maximum atomic E-state index is 12.6. The van der Waals surface area contributed by atoms with E-state index in [-0.39, 0.29) is 11.7 Å². The molecule has 0 aliphatic heterocycles. The number of furan rings is 1. The second kappa shape index (κ2) is 5.94. The molecule has 0 bridgehead atoms. The lowest BCUT2D eigenvalue weighted by atomic mass is 10.2. The van der Waals surface area contributed by atoms with Crippen molar-refractivity contribution in [3.05, 3.63) is 77.8 Å². The Morgan fingerprint density at radius 1 is 1.04 bits per heavy atom. The van der Waals surface area contributed by atoms with Gasteiger partial charge < -0.3 is 9.73 Å². The number of nitrogens with one attached hydrogen (secondary N) is 1. The molecule has 0 atom stereocenters. The SMILES string of the molecule is Cc1cc(C)n(-c2ccccc2NC(=O)c2cc3ccccc3o2)n1. The van der Waals surface area contributed by atoms with E-state index in [2.05, 4.69) is 10.4 Å². The zero-order chi connectivity index (χ0) is 17.4. The van der Waals surface area contributed by atoms with Crippen LogP contribution >= 0.6 is 0 Å². The van der Waals surface area contributed by atoms with E-state index in [4.69, 9.17) is 4.42 Å². The molecule has 0 unspecified atom stereocenters. The third-order valence-corrected chi connectivity index (χ3v) is 4.04. The van der Waals surface area contributed by atoms with Gasteiger partial charge in [0.05, 0.1) is 17.1 Å². The molecule has 0 fully saturated rings. The Morgan fingerprint density at radius 2 is 1.80 bits per heavy atom. The summed E-state index contributed by atoms with van der Waals surface area (Å²) in [5.74, 6) is -0.00504. The molecule has 5 nitrogen and oxygen atoms in total. The number of amides is 1. The number of hydrogen-bond donors (Lipinski definition) is 1. The zero-order valence-corrected chi connectivity index (χ0v) is 14.0. The van der Waals surface area contributed by atoms with Crippen LogP contribution in [0.1, 0.15) is 21.9 Å². The number of rotatable bonds is 3. The van der Waals surface area contributed by atoms with Crippen molar-refractivity contribution in [1.82, 2.24) is 9.78 Å². The van der Waals surface area contributed by atoms with Crippen LogP contribution in [0.4, 0.5) is 5.69 Å². The summed E-state index contributed by atoms with van der Waals surface area (Å²) >= 11 is 0. The Morgan fingerprint density at radius 3 is 2.56 bits per heavy atom. The first-order valence-corrected chi connectivity index (χ1v) is 8.04. The maximum Gasteiger partial charge on any atom is 0.291 e. The summed E-state index contributed by atoms with van der Waals surface area (Å²) in [4.78, 5) is 12.6. The number of hydrogen-bond acceptors (Lipinski definition) is 3. The lowest BCUT2D eigenvalue weighted by Gasteiger charge is -2.11. The number of benzene rings is 2. The van der Waals surface area contributed by atoms with Gasteiger partial charge in [0.1, 0.15) is 5.58 Å². The molecule has 0 radical (unpaired) electrons. The third-order valence-electron chi connectivity index (χ3n) is 4.04. The molecule has 124 valence electrons. The maximum absolute atomic E-state index is 12.6. The monoisotopic (exact) mass is 331 g/mol. The fourth-order valence-electron chi connectivity index (χ4n) is 2.91. The molecule has 25 heavy (non-hydrogen) atoms. The molecule has 0 aliphatic carbocycles. The highest BCUT2D eigenvalue weighted by atomic mass is 16.3. The van der Waals surface area contributed by atoms with E-state index in [0.29, 0.717) is 11.3 Å². The van der Waals surface area contributed by atoms with Crippen LogP contribution in [0.5, 0.6) is 0 Å². The van der Waals surface area contributed by atoms with E-state index < -0.39 is 0 Å². The van der Waals surface area contributed by atoms with Gasteiger partial charge >= 0.3 is 0 Å². The van der Waals surface area contributed by atoms with Gasteiger partial charge in [-0.3, -0.25) is 4.79 Å². The summed E-state index contributed by atoms with van der Waals surface area (Å²) in [5.41, 5.74) is 4.12. The molecule has 1 amide bonds. The molecule has 0 saturated heterocycles. The highest BCUT2D eigenvalue weighted by molar-refractivity contribution is 6.05. The molecule has 0 saturated carbocycles. The van der Waals surface area contributed by atoms with E-state index in [0.717, 1.165) is 22.5 Å². The number of para-hydroxylation sites is 3. The van der Waals surface area contributed by atoms with Crippen molar-refractivity contribution in [1.29, 1.82) is 0 Å². The van der Waals surface area contributed by atoms with Crippen LogP contribution in [0.3, 0.4) is 0 Å². The fourth-order valence-corrected chi connectivity index (χ4v) is 2.91. The smallest absolute Gasteiger partial charge is 0.291 e. The predicted octanol–water partition coefficient (Wildman–Crippen LogP) is 4.49. The van der Waals surface area contributed by atoms with Crippen molar-refractivity contribution >= 4 is 22.6 Å².